The van der Waals surface area contributed by atoms with Crippen molar-refractivity contribution in [3.63, 3.8) is 0 Å². The van der Waals surface area contributed by atoms with Crippen molar-refractivity contribution in [2.24, 2.45) is 5.92 Å². The van der Waals surface area contributed by atoms with Crippen molar-refractivity contribution < 1.29 is 13.9 Å². The van der Waals surface area contributed by atoms with Gasteiger partial charge in [0.05, 0.1) is 12.5 Å². The van der Waals surface area contributed by atoms with Crippen molar-refractivity contribution in [1.29, 1.82) is 0 Å². The van der Waals surface area contributed by atoms with Crippen molar-refractivity contribution in [2.75, 3.05) is 24.6 Å². The summed E-state index contributed by atoms with van der Waals surface area (Å²) in [7, 11) is 0. The first-order chi connectivity index (χ1) is 12.7. The second-order valence-electron chi connectivity index (χ2n) is 6.63. The standard InChI is InChI=1S/C20H23N3O3/c1-3-16-21-17-14-9-5-6-10-15(14)26-18(17)19(22-16)23-11-7-8-13(12-23)20(24)25-4-2/h5-6,9-10,13H,3-4,7-8,11-12H2,1-2H3. The number of anilines is 1. The first-order valence-electron chi connectivity index (χ1n) is 9.31. The maximum absolute atomic E-state index is 12.2. The van der Waals surface area contributed by atoms with Gasteiger partial charge < -0.3 is 14.1 Å². The summed E-state index contributed by atoms with van der Waals surface area (Å²) in [6, 6.07) is 7.91. The second kappa shape index (κ2) is 6.94. The minimum Gasteiger partial charge on any atom is -0.466 e. The largest absolute Gasteiger partial charge is 0.466 e. The summed E-state index contributed by atoms with van der Waals surface area (Å²) in [6.07, 6.45) is 2.53. The first-order valence-corrected chi connectivity index (χ1v) is 9.31. The number of ether oxygens (including phenoxy) is 1. The lowest BCUT2D eigenvalue weighted by atomic mass is 9.98. The number of furan rings is 1. The Morgan fingerprint density at radius 1 is 1.31 bits per heavy atom. The molecular weight excluding hydrogens is 330 g/mol. The maximum atomic E-state index is 12.2. The van der Waals surface area contributed by atoms with Crippen LogP contribution in [0.25, 0.3) is 22.1 Å². The summed E-state index contributed by atoms with van der Waals surface area (Å²) in [6.45, 7) is 5.75. The van der Waals surface area contributed by atoms with Gasteiger partial charge >= 0.3 is 5.97 Å². The molecule has 0 aliphatic carbocycles. The van der Waals surface area contributed by atoms with E-state index in [1.54, 1.807) is 0 Å². The van der Waals surface area contributed by atoms with Crippen LogP contribution in [0.2, 0.25) is 0 Å². The third-order valence-corrected chi connectivity index (χ3v) is 4.91. The van der Waals surface area contributed by atoms with Crippen LogP contribution < -0.4 is 4.90 Å². The number of piperidine rings is 1. The molecule has 1 aromatic carbocycles. The van der Waals surface area contributed by atoms with E-state index in [0.717, 1.165) is 53.9 Å². The molecule has 6 heteroatoms. The Morgan fingerprint density at radius 2 is 2.15 bits per heavy atom. The molecule has 0 bridgehead atoms. The number of carbonyl (C=O) groups is 1. The molecule has 0 N–H and O–H groups in total. The maximum Gasteiger partial charge on any atom is 0.310 e. The summed E-state index contributed by atoms with van der Waals surface area (Å²) >= 11 is 0. The highest BCUT2D eigenvalue weighted by Gasteiger charge is 2.30. The molecule has 1 atom stereocenters. The molecule has 0 spiro atoms. The Bertz CT molecular complexity index is 950. The molecule has 0 radical (unpaired) electrons. The fourth-order valence-corrected chi connectivity index (χ4v) is 3.62. The van der Waals surface area contributed by atoms with E-state index < -0.39 is 0 Å². The van der Waals surface area contributed by atoms with E-state index in [2.05, 4.69) is 4.90 Å². The quantitative estimate of drug-likeness (QED) is 0.666. The van der Waals surface area contributed by atoms with Gasteiger partial charge in [0.1, 0.15) is 16.9 Å². The van der Waals surface area contributed by atoms with Crippen LogP contribution >= 0.6 is 0 Å². The number of aryl methyl sites for hydroxylation is 1. The zero-order chi connectivity index (χ0) is 18.1. The van der Waals surface area contributed by atoms with Crippen LogP contribution in [-0.2, 0) is 16.0 Å². The Balaban J connectivity index is 1.78. The molecular formula is C20H23N3O3. The SMILES string of the molecule is CCOC(=O)C1CCCN(c2nc(CC)nc3c2oc2ccccc23)C1. The number of esters is 1. The van der Waals surface area contributed by atoms with Crippen LogP contribution in [-0.4, -0.2) is 35.6 Å². The number of aromatic nitrogens is 2. The zero-order valence-electron chi connectivity index (χ0n) is 15.2. The van der Waals surface area contributed by atoms with Crippen molar-refractivity contribution in [1.82, 2.24) is 9.97 Å². The van der Waals surface area contributed by atoms with E-state index in [1.807, 2.05) is 38.1 Å². The van der Waals surface area contributed by atoms with E-state index in [0.29, 0.717) is 18.7 Å². The van der Waals surface area contributed by atoms with E-state index in [-0.39, 0.29) is 11.9 Å². The smallest absolute Gasteiger partial charge is 0.310 e. The van der Waals surface area contributed by atoms with Crippen molar-refractivity contribution >= 4 is 33.9 Å². The van der Waals surface area contributed by atoms with Gasteiger partial charge in [0, 0.05) is 24.9 Å². The number of rotatable bonds is 4. The van der Waals surface area contributed by atoms with Crippen LogP contribution in [0.4, 0.5) is 5.82 Å². The van der Waals surface area contributed by atoms with Gasteiger partial charge in [-0.05, 0) is 31.9 Å². The third kappa shape index (κ3) is 2.89. The van der Waals surface area contributed by atoms with Gasteiger partial charge in [-0.3, -0.25) is 4.79 Å². The molecule has 4 rings (SSSR count). The summed E-state index contributed by atoms with van der Waals surface area (Å²) in [5.74, 6) is 1.33. The van der Waals surface area contributed by atoms with Crippen molar-refractivity contribution in [3.8, 4) is 0 Å². The summed E-state index contributed by atoms with van der Waals surface area (Å²) in [4.78, 5) is 23.8. The first kappa shape index (κ1) is 16.8. The fourth-order valence-electron chi connectivity index (χ4n) is 3.62. The third-order valence-electron chi connectivity index (χ3n) is 4.91. The molecule has 6 nitrogen and oxygen atoms in total. The molecule has 3 heterocycles. The minimum atomic E-state index is -0.122. The number of para-hydroxylation sites is 1. The lowest BCUT2D eigenvalue weighted by Gasteiger charge is -2.32. The Labute approximate surface area is 152 Å². The number of benzene rings is 1. The highest BCUT2D eigenvalue weighted by molar-refractivity contribution is 6.05. The molecule has 1 saturated heterocycles. The number of hydrogen-bond acceptors (Lipinski definition) is 6. The van der Waals surface area contributed by atoms with Crippen molar-refractivity contribution in [2.45, 2.75) is 33.1 Å². The van der Waals surface area contributed by atoms with Gasteiger partial charge in [0.15, 0.2) is 11.4 Å². The van der Waals surface area contributed by atoms with Gasteiger partial charge in [-0.15, -0.1) is 0 Å². The van der Waals surface area contributed by atoms with E-state index in [1.165, 1.54) is 0 Å². The Morgan fingerprint density at radius 3 is 2.96 bits per heavy atom. The van der Waals surface area contributed by atoms with E-state index >= 15 is 0 Å². The molecule has 0 saturated carbocycles. The summed E-state index contributed by atoms with van der Waals surface area (Å²) in [5.41, 5.74) is 2.36. The minimum absolute atomic E-state index is 0.122. The van der Waals surface area contributed by atoms with Gasteiger partial charge in [-0.25, -0.2) is 9.97 Å². The highest BCUT2D eigenvalue weighted by atomic mass is 16.5. The topological polar surface area (TPSA) is 68.5 Å². The van der Waals surface area contributed by atoms with E-state index in [9.17, 15) is 4.79 Å². The average molecular weight is 353 g/mol. The second-order valence-corrected chi connectivity index (χ2v) is 6.63. The summed E-state index contributed by atoms with van der Waals surface area (Å²) < 4.78 is 11.3. The number of hydrogen-bond donors (Lipinski definition) is 0. The molecule has 2 aromatic heterocycles. The van der Waals surface area contributed by atoms with Crippen LogP contribution in [0, 0.1) is 5.92 Å². The number of carbonyl (C=O) groups excluding carboxylic acids is 1. The highest BCUT2D eigenvalue weighted by Crippen LogP contribution is 2.34. The van der Waals surface area contributed by atoms with Crippen LogP contribution in [0.15, 0.2) is 28.7 Å². The molecule has 1 aliphatic rings. The lowest BCUT2D eigenvalue weighted by molar-refractivity contribution is -0.148. The van der Waals surface area contributed by atoms with Gasteiger partial charge in [0.25, 0.3) is 0 Å². The number of nitrogens with zero attached hydrogens (tertiary/aromatic N) is 3. The molecule has 0 amide bonds. The van der Waals surface area contributed by atoms with Gasteiger partial charge in [-0.1, -0.05) is 19.1 Å². The fraction of sp³-hybridized carbons (Fsp3) is 0.450. The number of fused-ring (bicyclic) bond motifs is 3. The molecule has 1 unspecified atom stereocenters. The average Bonchev–Trinajstić information content (AvgIpc) is 3.06. The van der Waals surface area contributed by atoms with Gasteiger partial charge in [-0.2, -0.15) is 0 Å². The van der Waals surface area contributed by atoms with Crippen LogP contribution in [0.1, 0.15) is 32.5 Å². The zero-order valence-corrected chi connectivity index (χ0v) is 15.2. The predicted molar refractivity (Wildman–Crippen MR) is 100 cm³/mol. The molecule has 3 aromatic rings. The van der Waals surface area contributed by atoms with Crippen LogP contribution in [0.3, 0.4) is 0 Å². The molecule has 26 heavy (non-hydrogen) atoms. The Hall–Kier alpha value is -2.63. The van der Waals surface area contributed by atoms with Crippen molar-refractivity contribution in [3.05, 3.63) is 30.1 Å². The molecule has 136 valence electrons. The molecule has 1 fully saturated rings. The normalized spacial score (nSPS) is 17.8. The summed E-state index contributed by atoms with van der Waals surface area (Å²) in [5, 5.41) is 1.000. The predicted octanol–water partition coefficient (Wildman–Crippen LogP) is 3.72. The molecule has 1 aliphatic heterocycles. The van der Waals surface area contributed by atoms with E-state index in [4.69, 9.17) is 19.1 Å². The van der Waals surface area contributed by atoms with Crippen LogP contribution in [0.5, 0.6) is 0 Å². The lowest BCUT2D eigenvalue weighted by Crippen LogP contribution is -2.40. The monoisotopic (exact) mass is 353 g/mol. The van der Waals surface area contributed by atoms with Gasteiger partial charge in [0.2, 0.25) is 0 Å². The Kier molecular flexibility index (Phi) is 4.49.